The molecule has 1 aliphatic heterocycles. The molecule has 106 valence electrons. The third kappa shape index (κ3) is 2.38. The molecule has 2 N–H and O–H groups in total. The molecule has 2 aromatic rings. The highest BCUT2D eigenvalue weighted by molar-refractivity contribution is 5.51. The van der Waals surface area contributed by atoms with Crippen molar-refractivity contribution in [1.82, 2.24) is 14.5 Å². The van der Waals surface area contributed by atoms with Crippen molar-refractivity contribution in [3.05, 3.63) is 47.5 Å². The summed E-state index contributed by atoms with van der Waals surface area (Å²) in [4.78, 5) is 6.14. The number of aromatic nitrogens is 2. The van der Waals surface area contributed by atoms with Crippen molar-refractivity contribution in [2.75, 3.05) is 12.3 Å². The van der Waals surface area contributed by atoms with E-state index in [1.807, 2.05) is 18.2 Å². The highest BCUT2D eigenvalue weighted by atomic mass is 19.3. The van der Waals surface area contributed by atoms with Crippen LogP contribution in [0.3, 0.4) is 0 Å². The topological polar surface area (TPSA) is 47.1 Å². The number of halogens is 2. The van der Waals surface area contributed by atoms with Gasteiger partial charge in [-0.3, -0.25) is 9.47 Å². The number of hydrogen-bond donors (Lipinski definition) is 1. The van der Waals surface area contributed by atoms with Crippen molar-refractivity contribution < 1.29 is 8.78 Å². The van der Waals surface area contributed by atoms with E-state index < -0.39 is 6.55 Å². The highest BCUT2D eigenvalue weighted by Crippen LogP contribution is 2.25. The summed E-state index contributed by atoms with van der Waals surface area (Å²) >= 11 is 0. The van der Waals surface area contributed by atoms with Crippen LogP contribution >= 0.6 is 0 Å². The third-order valence-corrected chi connectivity index (χ3v) is 3.71. The van der Waals surface area contributed by atoms with Crippen LogP contribution in [0, 0.1) is 0 Å². The predicted octanol–water partition coefficient (Wildman–Crippen LogP) is 2.42. The fourth-order valence-electron chi connectivity index (χ4n) is 2.68. The molecule has 2 heterocycles. The largest absolute Gasteiger partial charge is 0.398 e. The number of nitrogen functional groups attached to an aromatic ring is 1. The Morgan fingerprint density at radius 2 is 2.20 bits per heavy atom. The SMILES string of the molecule is Nc1cccc2c1CCN(Cc1nccn1C(F)F)C2. The number of benzene rings is 1. The summed E-state index contributed by atoms with van der Waals surface area (Å²) in [7, 11) is 0. The van der Waals surface area contributed by atoms with Gasteiger partial charge in [0.2, 0.25) is 0 Å². The van der Waals surface area contributed by atoms with Crippen molar-refractivity contribution in [3.63, 3.8) is 0 Å². The maximum Gasteiger partial charge on any atom is 0.319 e. The third-order valence-electron chi connectivity index (χ3n) is 3.71. The molecule has 4 nitrogen and oxygen atoms in total. The number of nitrogens with zero attached hydrogens (tertiary/aromatic N) is 3. The summed E-state index contributed by atoms with van der Waals surface area (Å²) < 4.78 is 26.5. The molecule has 1 aromatic carbocycles. The fourth-order valence-corrected chi connectivity index (χ4v) is 2.68. The minimum absolute atomic E-state index is 0.396. The second-order valence-corrected chi connectivity index (χ2v) is 4.97. The number of imidazole rings is 1. The molecule has 3 rings (SSSR count). The lowest BCUT2D eigenvalue weighted by Gasteiger charge is -2.29. The average Bonchev–Trinajstić information content (AvgIpc) is 2.87. The lowest BCUT2D eigenvalue weighted by Crippen LogP contribution is -2.31. The van der Waals surface area contributed by atoms with E-state index in [-0.39, 0.29) is 0 Å². The lowest BCUT2D eigenvalue weighted by atomic mass is 9.98. The molecule has 0 spiro atoms. The van der Waals surface area contributed by atoms with Gasteiger partial charge in [0.05, 0.1) is 6.54 Å². The molecule has 1 aliphatic rings. The zero-order valence-electron chi connectivity index (χ0n) is 11.0. The van der Waals surface area contributed by atoms with Crippen molar-refractivity contribution in [2.45, 2.75) is 26.1 Å². The Morgan fingerprint density at radius 3 is 3.00 bits per heavy atom. The van der Waals surface area contributed by atoms with E-state index in [0.717, 1.165) is 29.8 Å². The molecular weight excluding hydrogens is 262 g/mol. The normalized spacial score (nSPS) is 15.6. The highest BCUT2D eigenvalue weighted by Gasteiger charge is 2.20. The Bertz CT molecular complexity index is 609. The standard InChI is InChI=1S/C14H16F2N4/c15-14(16)20-7-5-18-13(20)9-19-6-4-11-10(8-19)2-1-3-12(11)17/h1-3,5,7,14H,4,6,8-9,17H2. The molecule has 20 heavy (non-hydrogen) atoms. The first-order valence-corrected chi connectivity index (χ1v) is 6.53. The minimum atomic E-state index is -2.54. The first-order valence-electron chi connectivity index (χ1n) is 6.53. The maximum atomic E-state index is 12.8. The minimum Gasteiger partial charge on any atom is -0.398 e. The van der Waals surface area contributed by atoms with Crippen LogP contribution < -0.4 is 5.73 Å². The zero-order chi connectivity index (χ0) is 14.1. The first-order chi connectivity index (χ1) is 9.65. The number of anilines is 1. The molecular formula is C14H16F2N4. The molecule has 0 amide bonds. The van der Waals surface area contributed by atoms with E-state index in [2.05, 4.69) is 9.88 Å². The smallest absolute Gasteiger partial charge is 0.319 e. The predicted molar refractivity (Wildman–Crippen MR) is 72.2 cm³/mol. The zero-order valence-corrected chi connectivity index (χ0v) is 11.0. The quantitative estimate of drug-likeness (QED) is 0.877. The van der Waals surface area contributed by atoms with E-state index in [0.29, 0.717) is 12.4 Å². The van der Waals surface area contributed by atoms with Crippen molar-refractivity contribution in [3.8, 4) is 0 Å². The lowest BCUT2D eigenvalue weighted by molar-refractivity contribution is 0.0634. The van der Waals surface area contributed by atoms with Gasteiger partial charge < -0.3 is 5.73 Å². The second kappa shape index (κ2) is 5.20. The molecule has 0 atom stereocenters. The van der Waals surface area contributed by atoms with Crippen LogP contribution in [-0.2, 0) is 19.5 Å². The molecule has 0 aliphatic carbocycles. The van der Waals surface area contributed by atoms with Gasteiger partial charge in [-0.05, 0) is 23.6 Å². The average molecular weight is 278 g/mol. The van der Waals surface area contributed by atoms with Crippen LogP contribution in [0.1, 0.15) is 23.5 Å². The van der Waals surface area contributed by atoms with Gasteiger partial charge in [0.25, 0.3) is 0 Å². The summed E-state index contributed by atoms with van der Waals surface area (Å²) in [5, 5.41) is 0. The van der Waals surface area contributed by atoms with Gasteiger partial charge in [-0.25, -0.2) is 4.98 Å². The number of nitrogens with two attached hydrogens (primary N) is 1. The molecule has 0 unspecified atom stereocenters. The van der Waals surface area contributed by atoms with E-state index in [1.54, 1.807) is 0 Å². The van der Waals surface area contributed by atoms with Crippen LogP contribution in [0.4, 0.5) is 14.5 Å². The van der Waals surface area contributed by atoms with Crippen LogP contribution in [-0.4, -0.2) is 21.0 Å². The number of fused-ring (bicyclic) bond motifs is 1. The van der Waals surface area contributed by atoms with E-state index >= 15 is 0 Å². The molecule has 6 heteroatoms. The van der Waals surface area contributed by atoms with Crippen LogP contribution in [0.5, 0.6) is 0 Å². The van der Waals surface area contributed by atoms with Gasteiger partial charge in [0, 0.05) is 31.2 Å². The van der Waals surface area contributed by atoms with E-state index in [1.165, 1.54) is 23.5 Å². The van der Waals surface area contributed by atoms with Gasteiger partial charge in [0.1, 0.15) is 5.82 Å². The monoisotopic (exact) mass is 278 g/mol. The van der Waals surface area contributed by atoms with E-state index in [9.17, 15) is 8.78 Å². The Balaban J connectivity index is 1.76. The van der Waals surface area contributed by atoms with Crippen LogP contribution in [0.25, 0.3) is 0 Å². The van der Waals surface area contributed by atoms with E-state index in [4.69, 9.17) is 5.73 Å². The van der Waals surface area contributed by atoms with Crippen LogP contribution in [0.2, 0.25) is 0 Å². The second-order valence-electron chi connectivity index (χ2n) is 4.97. The molecule has 0 bridgehead atoms. The van der Waals surface area contributed by atoms with Gasteiger partial charge in [-0.1, -0.05) is 12.1 Å². The number of rotatable bonds is 3. The summed E-state index contributed by atoms with van der Waals surface area (Å²) in [6, 6.07) is 5.87. The Kier molecular flexibility index (Phi) is 3.40. The molecule has 0 fully saturated rings. The summed E-state index contributed by atoms with van der Waals surface area (Å²) in [5.74, 6) is 0.396. The first kappa shape index (κ1) is 13.1. The Hall–Kier alpha value is -1.95. The van der Waals surface area contributed by atoms with Crippen molar-refractivity contribution in [1.29, 1.82) is 0 Å². The van der Waals surface area contributed by atoms with Crippen molar-refractivity contribution >= 4 is 5.69 Å². The number of alkyl halides is 2. The van der Waals surface area contributed by atoms with Gasteiger partial charge >= 0.3 is 6.55 Å². The van der Waals surface area contributed by atoms with Gasteiger partial charge in [-0.15, -0.1) is 0 Å². The Morgan fingerprint density at radius 1 is 1.35 bits per heavy atom. The maximum absolute atomic E-state index is 12.8. The van der Waals surface area contributed by atoms with Crippen molar-refractivity contribution in [2.24, 2.45) is 0 Å². The molecule has 0 radical (unpaired) electrons. The molecule has 0 saturated heterocycles. The number of hydrogen-bond acceptors (Lipinski definition) is 3. The van der Waals surface area contributed by atoms with Gasteiger partial charge in [-0.2, -0.15) is 8.78 Å². The molecule has 1 aromatic heterocycles. The van der Waals surface area contributed by atoms with Gasteiger partial charge in [0.15, 0.2) is 0 Å². The molecule has 0 saturated carbocycles. The summed E-state index contributed by atoms with van der Waals surface area (Å²) in [6.45, 7) is -0.598. The summed E-state index contributed by atoms with van der Waals surface area (Å²) in [6.07, 6.45) is 3.57. The Labute approximate surface area is 115 Å². The summed E-state index contributed by atoms with van der Waals surface area (Å²) in [5.41, 5.74) is 9.12. The fraction of sp³-hybridized carbons (Fsp3) is 0.357. The van der Waals surface area contributed by atoms with Crippen LogP contribution in [0.15, 0.2) is 30.6 Å².